The van der Waals surface area contributed by atoms with E-state index in [-0.39, 0.29) is 11.6 Å². The van der Waals surface area contributed by atoms with E-state index in [1.165, 1.54) is 0 Å². The summed E-state index contributed by atoms with van der Waals surface area (Å²) in [5, 5.41) is 3.48. The summed E-state index contributed by atoms with van der Waals surface area (Å²) in [6.45, 7) is 13.7. The lowest BCUT2D eigenvalue weighted by Crippen LogP contribution is -2.42. The fourth-order valence-electron chi connectivity index (χ4n) is 1.06. The van der Waals surface area contributed by atoms with E-state index in [1.54, 1.807) is 0 Å². The molecule has 0 spiro atoms. The molecule has 0 saturated carbocycles. The monoisotopic (exact) mass is 217 g/mol. The lowest BCUT2D eigenvalue weighted by Gasteiger charge is -2.26. The van der Waals surface area contributed by atoms with E-state index in [0.29, 0.717) is 13.2 Å². The van der Waals surface area contributed by atoms with Gasteiger partial charge in [-0.25, -0.2) is 0 Å². The van der Waals surface area contributed by atoms with Crippen molar-refractivity contribution < 1.29 is 9.47 Å². The second kappa shape index (κ2) is 8.08. The van der Waals surface area contributed by atoms with Crippen LogP contribution in [-0.2, 0) is 9.47 Å². The van der Waals surface area contributed by atoms with Gasteiger partial charge in [0.2, 0.25) is 0 Å². The fraction of sp³-hybridized carbons (Fsp3) is 1.00. The van der Waals surface area contributed by atoms with Crippen LogP contribution < -0.4 is 5.32 Å². The maximum Gasteiger partial charge on any atom is 0.0704 e. The molecule has 3 nitrogen and oxygen atoms in total. The minimum absolute atomic E-state index is 0.206. The lowest BCUT2D eigenvalue weighted by molar-refractivity contribution is 0.0133. The molecule has 1 atom stereocenters. The summed E-state index contributed by atoms with van der Waals surface area (Å²) in [6.07, 6.45) is 1.37. The van der Waals surface area contributed by atoms with Crippen molar-refractivity contribution >= 4 is 0 Å². The number of nitrogens with one attached hydrogen (secondary N) is 1. The highest BCUT2D eigenvalue weighted by Gasteiger charge is 2.14. The molecule has 0 aliphatic carbocycles. The van der Waals surface area contributed by atoms with Crippen molar-refractivity contribution in [1.29, 1.82) is 0 Å². The SMILES string of the molecule is CCOCCOC(C)CNC(C)(C)CC. The average Bonchev–Trinajstić information content (AvgIpc) is 2.22. The molecule has 0 fully saturated rings. The summed E-state index contributed by atoms with van der Waals surface area (Å²) in [6, 6.07) is 0. The zero-order valence-electron chi connectivity index (χ0n) is 10.9. The van der Waals surface area contributed by atoms with Gasteiger partial charge in [0.15, 0.2) is 0 Å². The van der Waals surface area contributed by atoms with Crippen molar-refractivity contribution in [2.45, 2.75) is 52.7 Å². The van der Waals surface area contributed by atoms with Crippen LogP contribution in [-0.4, -0.2) is 38.0 Å². The smallest absolute Gasteiger partial charge is 0.0704 e. The summed E-state index contributed by atoms with van der Waals surface area (Å²) >= 11 is 0. The minimum Gasteiger partial charge on any atom is -0.379 e. The number of hydrogen-bond acceptors (Lipinski definition) is 3. The Balaban J connectivity index is 3.44. The quantitative estimate of drug-likeness (QED) is 0.601. The molecule has 0 rings (SSSR count). The van der Waals surface area contributed by atoms with Gasteiger partial charge in [0.1, 0.15) is 0 Å². The summed E-state index contributed by atoms with van der Waals surface area (Å²) in [4.78, 5) is 0. The van der Waals surface area contributed by atoms with Crippen LogP contribution in [0.15, 0.2) is 0 Å². The van der Waals surface area contributed by atoms with Gasteiger partial charge in [0.25, 0.3) is 0 Å². The van der Waals surface area contributed by atoms with Crippen LogP contribution in [0.1, 0.15) is 41.0 Å². The van der Waals surface area contributed by atoms with Crippen LogP contribution in [0.3, 0.4) is 0 Å². The first-order chi connectivity index (χ1) is 7.02. The van der Waals surface area contributed by atoms with Gasteiger partial charge in [-0.15, -0.1) is 0 Å². The van der Waals surface area contributed by atoms with E-state index in [4.69, 9.17) is 9.47 Å². The van der Waals surface area contributed by atoms with Crippen LogP contribution in [0.2, 0.25) is 0 Å². The molecule has 0 saturated heterocycles. The fourth-order valence-corrected chi connectivity index (χ4v) is 1.06. The van der Waals surface area contributed by atoms with Crippen LogP contribution >= 0.6 is 0 Å². The largest absolute Gasteiger partial charge is 0.379 e. The molecule has 0 radical (unpaired) electrons. The standard InChI is InChI=1S/C12H27NO2/c1-6-12(4,5)13-10-11(3)15-9-8-14-7-2/h11,13H,6-10H2,1-5H3. The Bertz CT molecular complexity index is 149. The average molecular weight is 217 g/mol. The van der Waals surface area contributed by atoms with Gasteiger partial charge in [0.05, 0.1) is 19.3 Å². The predicted octanol–water partition coefficient (Wildman–Crippen LogP) is 2.21. The van der Waals surface area contributed by atoms with Crippen molar-refractivity contribution in [2.75, 3.05) is 26.4 Å². The Morgan fingerprint density at radius 3 is 2.40 bits per heavy atom. The van der Waals surface area contributed by atoms with Gasteiger partial charge in [-0.1, -0.05) is 6.92 Å². The predicted molar refractivity (Wildman–Crippen MR) is 64.3 cm³/mol. The molecule has 1 unspecified atom stereocenters. The molecule has 1 N–H and O–H groups in total. The van der Waals surface area contributed by atoms with Gasteiger partial charge >= 0.3 is 0 Å². The van der Waals surface area contributed by atoms with Gasteiger partial charge in [-0.3, -0.25) is 0 Å². The van der Waals surface area contributed by atoms with Crippen molar-refractivity contribution in [2.24, 2.45) is 0 Å². The summed E-state index contributed by atoms with van der Waals surface area (Å²) in [5.74, 6) is 0. The number of ether oxygens (including phenoxy) is 2. The Morgan fingerprint density at radius 1 is 1.20 bits per heavy atom. The number of hydrogen-bond donors (Lipinski definition) is 1. The van der Waals surface area contributed by atoms with E-state index in [9.17, 15) is 0 Å². The molecule has 0 aromatic rings. The van der Waals surface area contributed by atoms with Crippen molar-refractivity contribution in [3.63, 3.8) is 0 Å². The maximum absolute atomic E-state index is 5.60. The third-order valence-corrected chi connectivity index (χ3v) is 2.59. The molecule has 0 heterocycles. The first-order valence-electron chi connectivity index (χ1n) is 5.96. The number of rotatable bonds is 9. The van der Waals surface area contributed by atoms with Crippen LogP contribution in [0.4, 0.5) is 0 Å². The molecule has 92 valence electrons. The zero-order chi connectivity index (χ0) is 11.7. The summed E-state index contributed by atoms with van der Waals surface area (Å²) < 4.78 is 10.8. The molecule has 0 aliphatic heterocycles. The summed E-state index contributed by atoms with van der Waals surface area (Å²) in [5.41, 5.74) is 0.206. The molecule has 0 amide bonds. The van der Waals surface area contributed by atoms with E-state index >= 15 is 0 Å². The highest BCUT2D eigenvalue weighted by atomic mass is 16.5. The van der Waals surface area contributed by atoms with Crippen LogP contribution in [0.25, 0.3) is 0 Å². The minimum atomic E-state index is 0.206. The molecular formula is C12H27NO2. The van der Waals surface area contributed by atoms with Gasteiger partial charge in [-0.05, 0) is 34.1 Å². The molecule has 15 heavy (non-hydrogen) atoms. The Morgan fingerprint density at radius 2 is 1.87 bits per heavy atom. The zero-order valence-corrected chi connectivity index (χ0v) is 10.9. The molecule has 0 aliphatic rings. The van der Waals surface area contributed by atoms with Crippen molar-refractivity contribution in [1.82, 2.24) is 5.32 Å². The second-order valence-corrected chi connectivity index (χ2v) is 4.50. The van der Waals surface area contributed by atoms with E-state index in [1.807, 2.05) is 6.92 Å². The molecule has 0 bridgehead atoms. The second-order valence-electron chi connectivity index (χ2n) is 4.50. The first-order valence-corrected chi connectivity index (χ1v) is 5.96. The third-order valence-electron chi connectivity index (χ3n) is 2.59. The van der Waals surface area contributed by atoms with Crippen molar-refractivity contribution in [3.8, 4) is 0 Å². The van der Waals surface area contributed by atoms with Crippen molar-refractivity contribution in [3.05, 3.63) is 0 Å². The highest BCUT2D eigenvalue weighted by Crippen LogP contribution is 2.06. The maximum atomic E-state index is 5.60. The van der Waals surface area contributed by atoms with Gasteiger partial charge < -0.3 is 14.8 Å². The summed E-state index contributed by atoms with van der Waals surface area (Å²) in [7, 11) is 0. The normalized spacial score (nSPS) is 14.2. The lowest BCUT2D eigenvalue weighted by atomic mass is 10.0. The third kappa shape index (κ3) is 8.85. The molecular weight excluding hydrogens is 190 g/mol. The van der Waals surface area contributed by atoms with E-state index < -0.39 is 0 Å². The Labute approximate surface area is 94.5 Å². The Kier molecular flexibility index (Phi) is 8.02. The highest BCUT2D eigenvalue weighted by molar-refractivity contribution is 4.76. The van der Waals surface area contributed by atoms with Gasteiger partial charge in [0, 0.05) is 18.7 Å². The topological polar surface area (TPSA) is 30.5 Å². The molecule has 0 aromatic carbocycles. The van der Waals surface area contributed by atoms with E-state index in [0.717, 1.165) is 19.6 Å². The van der Waals surface area contributed by atoms with Gasteiger partial charge in [-0.2, -0.15) is 0 Å². The Hall–Kier alpha value is -0.120. The molecule has 3 heteroatoms. The van der Waals surface area contributed by atoms with E-state index in [2.05, 4.69) is 33.0 Å². The first kappa shape index (κ1) is 14.9. The van der Waals surface area contributed by atoms with Crippen LogP contribution in [0.5, 0.6) is 0 Å². The van der Waals surface area contributed by atoms with Crippen LogP contribution in [0, 0.1) is 0 Å². The molecule has 0 aromatic heterocycles.